The van der Waals surface area contributed by atoms with E-state index in [1.165, 1.54) is 29.4 Å². The van der Waals surface area contributed by atoms with Crippen LogP contribution >= 0.6 is 11.3 Å². The molecule has 27 heavy (non-hydrogen) atoms. The fourth-order valence-electron chi connectivity index (χ4n) is 2.93. The first-order valence-electron chi connectivity index (χ1n) is 8.41. The highest BCUT2D eigenvalue weighted by Gasteiger charge is 2.35. The van der Waals surface area contributed by atoms with Gasteiger partial charge in [0.1, 0.15) is 6.04 Å². The normalized spacial score (nSPS) is 16.0. The Balaban J connectivity index is 1.64. The zero-order valence-corrected chi connectivity index (χ0v) is 15.6. The van der Waals surface area contributed by atoms with Crippen molar-refractivity contribution in [1.82, 2.24) is 4.90 Å². The summed E-state index contributed by atoms with van der Waals surface area (Å²) in [5, 5.41) is 1.90. The van der Waals surface area contributed by atoms with Crippen molar-refractivity contribution in [3.63, 3.8) is 0 Å². The van der Waals surface area contributed by atoms with Crippen LogP contribution in [0, 0.1) is 0 Å². The fourth-order valence-corrected chi connectivity index (χ4v) is 3.55. The number of hydrogen-bond donors (Lipinski definition) is 0. The van der Waals surface area contributed by atoms with Crippen molar-refractivity contribution in [2.24, 2.45) is 0 Å². The zero-order chi connectivity index (χ0) is 19.2. The number of benzene rings is 1. The number of ether oxygens (including phenoxy) is 2. The van der Waals surface area contributed by atoms with Gasteiger partial charge in [0.05, 0.1) is 7.11 Å². The van der Waals surface area contributed by atoms with Gasteiger partial charge in [-0.25, -0.2) is 9.59 Å². The van der Waals surface area contributed by atoms with E-state index in [2.05, 4.69) is 0 Å². The lowest BCUT2D eigenvalue weighted by atomic mass is 9.94. The van der Waals surface area contributed by atoms with Gasteiger partial charge in [0.25, 0.3) is 5.91 Å². The molecule has 0 saturated heterocycles. The molecule has 2 aromatic rings. The molecular formula is C20H19NO5S. The standard InChI is InChI=1S/C20H19NO5S/c1-25-20(24)17-11-14-5-2-3-6-15(14)12-21(17)18(22)13-26-19(23)9-8-16-7-4-10-27-16/h2-10,17H,11-13H2,1H3/b9-8+/t17-/m1/s1. The Labute approximate surface area is 161 Å². The number of esters is 2. The summed E-state index contributed by atoms with van der Waals surface area (Å²) in [6.07, 6.45) is 3.29. The highest BCUT2D eigenvalue weighted by molar-refractivity contribution is 7.10. The maximum atomic E-state index is 12.6. The predicted octanol–water partition coefficient (Wildman–Crippen LogP) is 2.43. The van der Waals surface area contributed by atoms with Gasteiger partial charge in [0.2, 0.25) is 0 Å². The second kappa shape index (κ2) is 8.64. The fraction of sp³-hybridized carbons (Fsp3) is 0.250. The third-order valence-corrected chi connectivity index (χ3v) is 5.14. The number of carbonyl (C=O) groups excluding carboxylic acids is 3. The largest absolute Gasteiger partial charge is 0.467 e. The quantitative estimate of drug-likeness (QED) is 0.584. The summed E-state index contributed by atoms with van der Waals surface area (Å²) in [7, 11) is 1.29. The van der Waals surface area contributed by atoms with Crippen molar-refractivity contribution in [2.45, 2.75) is 19.0 Å². The van der Waals surface area contributed by atoms with Gasteiger partial charge in [-0.05, 0) is 28.6 Å². The van der Waals surface area contributed by atoms with Crippen LogP contribution < -0.4 is 0 Å². The van der Waals surface area contributed by atoms with E-state index in [0.29, 0.717) is 6.42 Å². The maximum Gasteiger partial charge on any atom is 0.331 e. The SMILES string of the molecule is COC(=O)[C@H]1Cc2ccccc2CN1C(=O)COC(=O)/C=C/c1cccs1. The first-order chi connectivity index (χ1) is 13.1. The lowest BCUT2D eigenvalue weighted by Crippen LogP contribution is -2.50. The molecule has 0 aliphatic carbocycles. The number of rotatable bonds is 5. The van der Waals surface area contributed by atoms with Crippen LogP contribution in [-0.2, 0) is 36.8 Å². The number of methoxy groups -OCH3 is 1. The van der Waals surface area contributed by atoms with Crippen LogP contribution in [0.3, 0.4) is 0 Å². The van der Waals surface area contributed by atoms with Crippen LogP contribution in [-0.4, -0.2) is 42.5 Å². The van der Waals surface area contributed by atoms with Crippen LogP contribution in [0.25, 0.3) is 6.08 Å². The number of carbonyl (C=O) groups is 3. The molecule has 140 valence electrons. The molecule has 7 heteroatoms. The lowest BCUT2D eigenvalue weighted by molar-refractivity contribution is -0.158. The Hall–Kier alpha value is -2.93. The average molecular weight is 385 g/mol. The molecule has 0 N–H and O–H groups in total. The number of fused-ring (bicyclic) bond motifs is 1. The van der Waals surface area contributed by atoms with Crippen molar-refractivity contribution in [3.05, 3.63) is 63.9 Å². The molecule has 0 unspecified atom stereocenters. The molecule has 1 aromatic heterocycles. The van der Waals surface area contributed by atoms with E-state index in [1.54, 1.807) is 6.08 Å². The van der Waals surface area contributed by atoms with Gasteiger partial charge < -0.3 is 14.4 Å². The molecule has 1 aromatic carbocycles. The molecule has 1 amide bonds. The van der Waals surface area contributed by atoms with E-state index in [0.717, 1.165) is 16.0 Å². The van der Waals surface area contributed by atoms with E-state index >= 15 is 0 Å². The molecule has 1 aliphatic heterocycles. The minimum atomic E-state index is -0.724. The van der Waals surface area contributed by atoms with E-state index in [4.69, 9.17) is 9.47 Å². The zero-order valence-electron chi connectivity index (χ0n) is 14.8. The number of nitrogens with zero attached hydrogens (tertiary/aromatic N) is 1. The minimum absolute atomic E-state index is 0.275. The van der Waals surface area contributed by atoms with Gasteiger partial charge in [-0.2, -0.15) is 0 Å². The molecule has 0 saturated carbocycles. The minimum Gasteiger partial charge on any atom is -0.467 e. The van der Waals surface area contributed by atoms with Crippen molar-refractivity contribution in [2.75, 3.05) is 13.7 Å². The van der Waals surface area contributed by atoms with Crippen LogP contribution in [0.15, 0.2) is 47.9 Å². The van der Waals surface area contributed by atoms with E-state index in [9.17, 15) is 14.4 Å². The predicted molar refractivity (Wildman–Crippen MR) is 101 cm³/mol. The third-order valence-electron chi connectivity index (χ3n) is 4.31. The molecular weight excluding hydrogens is 366 g/mol. The van der Waals surface area contributed by atoms with Crippen molar-refractivity contribution < 1.29 is 23.9 Å². The Morgan fingerprint density at radius 3 is 2.67 bits per heavy atom. The first-order valence-corrected chi connectivity index (χ1v) is 9.29. The van der Waals surface area contributed by atoms with Crippen LogP contribution in [0.5, 0.6) is 0 Å². The first kappa shape index (κ1) is 18.8. The molecule has 3 rings (SSSR count). The Kier molecular flexibility index (Phi) is 6.03. The van der Waals surface area contributed by atoms with Gasteiger partial charge >= 0.3 is 11.9 Å². The van der Waals surface area contributed by atoms with Crippen molar-refractivity contribution in [3.8, 4) is 0 Å². The number of hydrogen-bond acceptors (Lipinski definition) is 6. The van der Waals surface area contributed by atoms with Gasteiger partial charge in [-0.15, -0.1) is 11.3 Å². The summed E-state index contributed by atoms with van der Waals surface area (Å²) < 4.78 is 9.88. The van der Waals surface area contributed by atoms with Crippen molar-refractivity contribution in [1.29, 1.82) is 0 Å². The molecule has 2 heterocycles. The Morgan fingerprint density at radius 1 is 1.19 bits per heavy atom. The Bertz CT molecular complexity index is 859. The maximum absolute atomic E-state index is 12.6. The van der Waals surface area contributed by atoms with Gasteiger partial charge in [-0.3, -0.25) is 4.79 Å². The summed E-state index contributed by atoms with van der Waals surface area (Å²) in [5.74, 6) is -1.52. The van der Waals surface area contributed by atoms with Crippen LogP contribution in [0.1, 0.15) is 16.0 Å². The molecule has 0 fully saturated rings. The lowest BCUT2D eigenvalue weighted by Gasteiger charge is -2.35. The third kappa shape index (κ3) is 4.62. The number of thiophene rings is 1. The van der Waals surface area contributed by atoms with Gasteiger partial charge in [0.15, 0.2) is 6.61 Å². The monoisotopic (exact) mass is 385 g/mol. The van der Waals surface area contributed by atoms with Crippen molar-refractivity contribution >= 4 is 35.3 Å². The van der Waals surface area contributed by atoms with E-state index in [-0.39, 0.29) is 6.54 Å². The molecule has 1 aliphatic rings. The smallest absolute Gasteiger partial charge is 0.331 e. The van der Waals surface area contributed by atoms with Crippen LogP contribution in [0.2, 0.25) is 0 Å². The van der Waals surface area contributed by atoms with E-state index in [1.807, 2.05) is 41.8 Å². The molecule has 0 spiro atoms. The van der Waals surface area contributed by atoms with E-state index < -0.39 is 30.5 Å². The summed E-state index contributed by atoms with van der Waals surface area (Å²) in [6.45, 7) is -0.152. The second-order valence-corrected chi connectivity index (χ2v) is 6.97. The Morgan fingerprint density at radius 2 is 1.96 bits per heavy atom. The highest BCUT2D eigenvalue weighted by Crippen LogP contribution is 2.24. The summed E-state index contributed by atoms with van der Waals surface area (Å²) in [5.41, 5.74) is 1.97. The van der Waals surface area contributed by atoms with Gasteiger partial charge in [-0.1, -0.05) is 30.3 Å². The second-order valence-electron chi connectivity index (χ2n) is 5.99. The molecule has 6 nitrogen and oxygen atoms in total. The summed E-state index contributed by atoms with van der Waals surface area (Å²) in [4.78, 5) is 38.9. The summed E-state index contributed by atoms with van der Waals surface area (Å²) >= 11 is 1.49. The molecule has 0 bridgehead atoms. The average Bonchev–Trinajstić information content (AvgIpc) is 3.22. The highest BCUT2D eigenvalue weighted by atomic mass is 32.1. The number of amides is 1. The molecule has 0 radical (unpaired) electrons. The topological polar surface area (TPSA) is 72.9 Å². The summed E-state index contributed by atoms with van der Waals surface area (Å²) in [6, 6.07) is 10.6. The van der Waals surface area contributed by atoms with Crippen LogP contribution in [0.4, 0.5) is 0 Å². The molecule has 1 atom stereocenters. The van der Waals surface area contributed by atoms with Gasteiger partial charge in [0, 0.05) is 23.9 Å².